The Morgan fingerprint density at radius 1 is 1.41 bits per heavy atom. The lowest BCUT2D eigenvalue weighted by atomic mass is 10.0. The molecule has 2 aliphatic rings. The molecule has 0 aliphatic carbocycles. The lowest BCUT2D eigenvalue weighted by Crippen LogP contribution is -2.50. The van der Waals surface area contributed by atoms with Crippen molar-refractivity contribution >= 4 is 5.91 Å². The van der Waals surface area contributed by atoms with Gasteiger partial charge in [0.1, 0.15) is 0 Å². The van der Waals surface area contributed by atoms with Gasteiger partial charge >= 0.3 is 0 Å². The average Bonchev–Trinajstić information content (AvgIpc) is 2.75. The molecule has 0 spiro atoms. The Morgan fingerprint density at radius 2 is 2.29 bits per heavy atom. The van der Waals surface area contributed by atoms with Gasteiger partial charge in [-0.3, -0.25) is 9.69 Å². The highest BCUT2D eigenvalue weighted by atomic mass is 16.1. The van der Waals surface area contributed by atoms with Crippen molar-refractivity contribution in [3.63, 3.8) is 0 Å². The molecule has 2 atom stereocenters. The van der Waals surface area contributed by atoms with E-state index in [1.807, 2.05) is 0 Å². The third kappa shape index (κ3) is 3.68. The second-order valence-electron chi connectivity index (χ2n) is 5.30. The van der Waals surface area contributed by atoms with Gasteiger partial charge in [-0.1, -0.05) is 6.92 Å². The fraction of sp³-hybridized carbons (Fsp3) is 0.923. The summed E-state index contributed by atoms with van der Waals surface area (Å²) in [5.41, 5.74) is 0. The Kier molecular flexibility index (Phi) is 4.80. The third-order valence-corrected chi connectivity index (χ3v) is 3.84. The zero-order chi connectivity index (χ0) is 12.1. The molecule has 98 valence electrons. The van der Waals surface area contributed by atoms with Crippen molar-refractivity contribution in [2.75, 3.05) is 26.2 Å². The van der Waals surface area contributed by atoms with E-state index in [0.29, 0.717) is 18.5 Å². The standard InChI is InChI=1S/C13H25N3O/c1-2-8-16(12-4-3-7-14-9-12)10-11-5-6-13(17)15-11/h11-12,14H,2-10H2,1H3,(H,15,17). The molecule has 2 rings (SSSR count). The van der Waals surface area contributed by atoms with Crippen LogP contribution in [0.1, 0.15) is 39.0 Å². The lowest BCUT2D eigenvalue weighted by Gasteiger charge is -2.36. The summed E-state index contributed by atoms with van der Waals surface area (Å²) in [6.07, 6.45) is 5.50. The number of piperidine rings is 1. The zero-order valence-corrected chi connectivity index (χ0v) is 10.9. The van der Waals surface area contributed by atoms with E-state index < -0.39 is 0 Å². The Morgan fingerprint density at radius 3 is 2.88 bits per heavy atom. The van der Waals surface area contributed by atoms with Crippen molar-refractivity contribution < 1.29 is 4.79 Å². The first-order chi connectivity index (χ1) is 8.29. The van der Waals surface area contributed by atoms with Crippen LogP contribution in [0.25, 0.3) is 0 Å². The number of carbonyl (C=O) groups excluding carboxylic acids is 1. The van der Waals surface area contributed by atoms with Gasteiger partial charge in [0.25, 0.3) is 0 Å². The highest BCUT2D eigenvalue weighted by Crippen LogP contribution is 2.15. The van der Waals surface area contributed by atoms with E-state index in [9.17, 15) is 4.79 Å². The van der Waals surface area contributed by atoms with Gasteiger partial charge in [0.15, 0.2) is 0 Å². The third-order valence-electron chi connectivity index (χ3n) is 3.84. The van der Waals surface area contributed by atoms with Crippen LogP contribution in [-0.2, 0) is 4.79 Å². The number of rotatable bonds is 5. The van der Waals surface area contributed by atoms with Gasteiger partial charge in [-0.05, 0) is 38.8 Å². The monoisotopic (exact) mass is 239 g/mol. The number of hydrogen-bond acceptors (Lipinski definition) is 3. The largest absolute Gasteiger partial charge is 0.352 e. The van der Waals surface area contributed by atoms with Crippen LogP contribution >= 0.6 is 0 Å². The van der Waals surface area contributed by atoms with E-state index in [4.69, 9.17) is 0 Å². The fourth-order valence-corrected chi connectivity index (χ4v) is 2.95. The van der Waals surface area contributed by atoms with E-state index in [2.05, 4.69) is 22.5 Å². The molecule has 2 heterocycles. The van der Waals surface area contributed by atoms with Crippen molar-refractivity contribution in [2.24, 2.45) is 0 Å². The molecule has 2 aliphatic heterocycles. The van der Waals surface area contributed by atoms with Crippen LogP contribution in [0.2, 0.25) is 0 Å². The normalized spacial score (nSPS) is 29.6. The quantitative estimate of drug-likeness (QED) is 0.743. The number of amides is 1. The molecule has 2 fully saturated rings. The maximum absolute atomic E-state index is 11.2. The highest BCUT2D eigenvalue weighted by molar-refractivity contribution is 5.78. The predicted octanol–water partition coefficient (Wildman–Crippen LogP) is 0.729. The Balaban J connectivity index is 1.84. The van der Waals surface area contributed by atoms with E-state index in [1.54, 1.807) is 0 Å². The van der Waals surface area contributed by atoms with Gasteiger partial charge < -0.3 is 10.6 Å². The van der Waals surface area contributed by atoms with Crippen molar-refractivity contribution in [3.05, 3.63) is 0 Å². The summed E-state index contributed by atoms with van der Waals surface area (Å²) in [6.45, 7) is 6.69. The fourth-order valence-electron chi connectivity index (χ4n) is 2.95. The van der Waals surface area contributed by atoms with Gasteiger partial charge in [0, 0.05) is 31.6 Å². The van der Waals surface area contributed by atoms with Crippen LogP contribution in [0.5, 0.6) is 0 Å². The van der Waals surface area contributed by atoms with Crippen molar-refractivity contribution in [3.8, 4) is 0 Å². The second kappa shape index (κ2) is 6.36. The van der Waals surface area contributed by atoms with Crippen molar-refractivity contribution in [2.45, 2.75) is 51.1 Å². The van der Waals surface area contributed by atoms with Crippen LogP contribution < -0.4 is 10.6 Å². The highest BCUT2D eigenvalue weighted by Gasteiger charge is 2.26. The van der Waals surface area contributed by atoms with Crippen molar-refractivity contribution in [1.29, 1.82) is 0 Å². The summed E-state index contributed by atoms with van der Waals surface area (Å²) < 4.78 is 0. The van der Waals surface area contributed by atoms with Gasteiger partial charge in [0.2, 0.25) is 5.91 Å². The number of carbonyl (C=O) groups is 1. The maximum Gasteiger partial charge on any atom is 0.220 e. The van der Waals surface area contributed by atoms with Gasteiger partial charge in [0.05, 0.1) is 0 Å². The topological polar surface area (TPSA) is 44.4 Å². The molecule has 0 saturated carbocycles. The molecule has 2 N–H and O–H groups in total. The molecule has 17 heavy (non-hydrogen) atoms. The Labute approximate surface area is 104 Å². The molecular formula is C13H25N3O. The second-order valence-corrected chi connectivity index (χ2v) is 5.30. The first-order valence-corrected chi connectivity index (χ1v) is 7.03. The molecule has 1 amide bonds. The van der Waals surface area contributed by atoms with Gasteiger partial charge in [-0.15, -0.1) is 0 Å². The first-order valence-electron chi connectivity index (χ1n) is 7.03. The van der Waals surface area contributed by atoms with Crippen LogP contribution in [0.4, 0.5) is 0 Å². The Bertz CT molecular complexity index is 251. The van der Waals surface area contributed by atoms with Crippen LogP contribution in [-0.4, -0.2) is 49.1 Å². The van der Waals surface area contributed by atoms with Crippen molar-refractivity contribution in [1.82, 2.24) is 15.5 Å². The molecule has 0 radical (unpaired) electrons. The average molecular weight is 239 g/mol. The van der Waals surface area contributed by atoms with E-state index in [-0.39, 0.29) is 5.91 Å². The molecule has 4 heteroatoms. The lowest BCUT2D eigenvalue weighted by molar-refractivity contribution is -0.119. The molecule has 0 aromatic heterocycles. The summed E-state index contributed by atoms with van der Waals surface area (Å²) >= 11 is 0. The number of hydrogen-bond donors (Lipinski definition) is 2. The van der Waals surface area contributed by atoms with E-state index >= 15 is 0 Å². The summed E-state index contributed by atoms with van der Waals surface area (Å²) in [7, 11) is 0. The van der Waals surface area contributed by atoms with Gasteiger partial charge in [-0.2, -0.15) is 0 Å². The molecule has 4 nitrogen and oxygen atoms in total. The first kappa shape index (κ1) is 12.8. The molecule has 0 aromatic rings. The summed E-state index contributed by atoms with van der Waals surface area (Å²) in [6, 6.07) is 1.05. The van der Waals surface area contributed by atoms with Crippen LogP contribution in [0.3, 0.4) is 0 Å². The summed E-state index contributed by atoms with van der Waals surface area (Å²) in [4.78, 5) is 13.8. The number of nitrogens with one attached hydrogen (secondary N) is 2. The maximum atomic E-state index is 11.2. The Hall–Kier alpha value is -0.610. The van der Waals surface area contributed by atoms with Crippen LogP contribution in [0.15, 0.2) is 0 Å². The molecular weight excluding hydrogens is 214 g/mol. The zero-order valence-electron chi connectivity index (χ0n) is 10.9. The SMILES string of the molecule is CCCN(CC1CCC(=O)N1)C1CCCNC1. The minimum absolute atomic E-state index is 0.230. The minimum atomic E-state index is 0.230. The molecule has 2 saturated heterocycles. The summed E-state index contributed by atoms with van der Waals surface area (Å²) in [5.74, 6) is 0.230. The minimum Gasteiger partial charge on any atom is -0.352 e. The van der Waals surface area contributed by atoms with E-state index in [1.165, 1.54) is 19.3 Å². The predicted molar refractivity (Wildman–Crippen MR) is 68.9 cm³/mol. The molecule has 0 bridgehead atoms. The molecule has 0 aromatic carbocycles. The van der Waals surface area contributed by atoms with E-state index in [0.717, 1.165) is 32.6 Å². The van der Waals surface area contributed by atoms with Gasteiger partial charge in [-0.25, -0.2) is 0 Å². The summed E-state index contributed by atoms with van der Waals surface area (Å²) in [5, 5.41) is 6.56. The number of nitrogens with zero attached hydrogens (tertiary/aromatic N) is 1. The molecule has 2 unspecified atom stereocenters. The van der Waals surface area contributed by atoms with Crippen LogP contribution in [0, 0.1) is 0 Å². The smallest absolute Gasteiger partial charge is 0.220 e.